The fraction of sp³-hybridized carbons (Fsp3) is 0.111. The zero-order valence-corrected chi connectivity index (χ0v) is 16.5. The van der Waals surface area contributed by atoms with Gasteiger partial charge >= 0.3 is 0 Å². The number of hydrogen-bond donors (Lipinski definition) is 2. The molecule has 2 N–H and O–H groups in total. The average molecular weight is 456 g/mol. The molecule has 11 heteroatoms. The van der Waals surface area contributed by atoms with E-state index in [9.17, 15) is 4.79 Å². The van der Waals surface area contributed by atoms with E-state index >= 15 is 0 Å². The molecule has 0 bridgehead atoms. The first kappa shape index (κ1) is 18.7. The van der Waals surface area contributed by atoms with Crippen LogP contribution in [0.15, 0.2) is 57.9 Å². The third-order valence-electron chi connectivity index (χ3n) is 3.70. The first-order chi connectivity index (χ1) is 14.2. The van der Waals surface area contributed by atoms with Gasteiger partial charge in [-0.2, -0.15) is 10.1 Å². The highest BCUT2D eigenvalue weighted by Crippen LogP contribution is 2.23. The Balaban J connectivity index is 1.28. The molecule has 1 amide bonds. The lowest BCUT2D eigenvalue weighted by Gasteiger charge is -2.07. The topological polar surface area (TPSA) is 132 Å². The van der Waals surface area contributed by atoms with E-state index in [0.717, 1.165) is 4.47 Å². The number of ether oxygens (including phenoxy) is 1. The lowest BCUT2D eigenvalue weighted by molar-refractivity contribution is -0.116. The Morgan fingerprint density at radius 2 is 2.17 bits per heavy atom. The normalized spacial score (nSPS) is 10.7. The lowest BCUT2D eigenvalue weighted by atomic mass is 10.3. The molecule has 0 unspecified atom stereocenters. The van der Waals surface area contributed by atoms with Crippen molar-refractivity contribution in [2.24, 2.45) is 0 Å². The van der Waals surface area contributed by atoms with E-state index in [1.54, 1.807) is 12.1 Å². The number of aromatic nitrogens is 6. The number of anilines is 1. The fourth-order valence-corrected chi connectivity index (χ4v) is 2.75. The summed E-state index contributed by atoms with van der Waals surface area (Å²) < 4.78 is 11.7. The molecule has 10 nitrogen and oxygen atoms in total. The molecule has 4 rings (SSSR count). The predicted octanol–water partition coefficient (Wildman–Crippen LogP) is 3.38. The van der Waals surface area contributed by atoms with Crippen LogP contribution in [0.4, 0.5) is 5.69 Å². The Kier molecular flexibility index (Phi) is 5.56. The van der Waals surface area contributed by atoms with Crippen LogP contribution in [0.5, 0.6) is 11.6 Å². The molecule has 0 saturated heterocycles. The number of aryl methyl sites for hydroxylation is 1. The molecule has 4 aromatic rings. The van der Waals surface area contributed by atoms with E-state index < -0.39 is 0 Å². The number of amides is 1. The number of benzene rings is 1. The van der Waals surface area contributed by atoms with Crippen molar-refractivity contribution in [1.29, 1.82) is 0 Å². The highest BCUT2D eigenvalue weighted by Gasteiger charge is 2.12. The van der Waals surface area contributed by atoms with Gasteiger partial charge in [0.1, 0.15) is 12.1 Å². The Hall–Kier alpha value is -3.60. The van der Waals surface area contributed by atoms with Gasteiger partial charge in [0.15, 0.2) is 5.82 Å². The number of halogens is 1. The number of pyridine rings is 1. The SMILES string of the molecule is O=C(CCc1nc(-c2ncn[nH]2)no1)Nc1ccc(Oc2cccc(Br)c2)nc1. The van der Waals surface area contributed by atoms with Crippen molar-refractivity contribution < 1.29 is 14.1 Å². The minimum atomic E-state index is -0.202. The second-order valence-corrected chi connectivity index (χ2v) is 6.75. The molecular formula is C18H14BrN7O3. The first-order valence-electron chi connectivity index (χ1n) is 8.53. The maximum atomic E-state index is 12.1. The molecule has 3 heterocycles. The molecule has 146 valence electrons. The van der Waals surface area contributed by atoms with Gasteiger partial charge in [0.2, 0.25) is 23.5 Å². The molecule has 0 aliphatic heterocycles. The maximum absolute atomic E-state index is 12.1. The van der Waals surface area contributed by atoms with Crippen molar-refractivity contribution in [2.75, 3.05) is 5.32 Å². The molecule has 0 radical (unpaired) electrons. The highest BCUT2D eigenvalue weighted by atomic mass is 79.9. The second kappa shape index (κ2) is 8.61. The quantitative estimate of drug-likeness (QED) is 0.433. The number of aromatic amines is 1. The van der Waals surface area contributed by atoms with Crippen molar-refractivity contribution in [2.45, 2.75) is 12.8 Å². The Morgan fingerprint density at radius 3 is 2.93 bits per heavy atom. The van der Waals surface area contributed by atoms with E-state index in [-0.39, 0.29) is 12.3 Å². The number of nitrogens with one attached hydrogen (secondary N) is 2. The summed E-state index contributed by atoms with van der Waals surface area (Å²) in [5, 5.41) is 12.9. The van der Waals surface area contributed by atoms with Crippen LogP contribution in [-0.2, 0) is 11.2 Å². The Labute approximate surface area is 172 Å². The van der Waals surface area contributed by atoms with Gasteiger partial charge < -0.3 is 14.6 Å². The summed E-state index contributed by atoms with van der Waals surface area (Å²) in [6.07, 6.45) is 3.35. The van der Waals surface area contributed by atoms with Gasteiger partial charge in [-0.15, -0.1) is 0 Å². The number of carbonyl (C=O) groups excluding carboxylic acids is 1. The number of nitrogens with zero attached hydrogens (tertiary/aromatic N) is 5. The van der Waals surface area contributed by atoms with Gasteiger partial charge in [0, 0.05) is 23.4 Å². The van der Waals surface area contributed by atoms with Crippen LogP contribution >= 0.6 is 15.9 Å². The Morgan fingerprint density at radius 1 is 1.24 bits per heavy atom. The molecule has 29 heavy (non-hydrogen) atoms. The molecular weight excluding hydrogens is 442 g/mol. The van der Waals surface area contributed by atoms with Gasteiger partial charge in [-0.05, 0) is 24.3 Å². The van der Waals surface area contributed by atoms with Crippen molar-refractivity contribution in [1.82, 2.24) is 30.3 Å². The molecule has 1 aromatic carbocycles. The van der Waals surface area contributed by atoms with Gasteiger partial charge in [0.05, 0.1) is 11.9 Å². The van der Waals surface area contributed by atoms with E-state index in [1.807, 2.05) is 24.3 Å². The smallest absolute Gasteiger partial charge is 0.239 e. The van der Waals surface area contributed by atoms with Crippen LogP contribution in [0.1, 0.15) is 12.3 Å². The largest absolute Gasteiger partial charge is 0.439 e. The summed E-state index contributed by atoms with van der Waals surface area (Å²) in [4.78, 5) is 24.4. The van der Waals surface area contributed by atoms with Gasteiger partial charge in [-0.25, -0.2) is 9.97 Å². The monoisotopic (exact) mass is 455 g/mol. The van der Waals surface area contributed by atoms with Gasteiger partial charge in [0.25, 0.3) is 0 Å². The van der Waals surface area contributed by atoms with E-state index in [0.29, 0.717) is 41.3 Å². The summed E-state index contributed by atoms with van der Waals surface area (Å²) in [5.41, 5.74) is 0.560. The molecule has 0 fully saturated rings. The zero-order valence-electron chi connectivity index (χ0n) is 14.9. The summed E-state index contributed by atoms with van der Waals surface area (Å²) in [5.74, 6) is 1.91. The van der Waals surface area contributed by atoms with E-state index in [2.05, 4.69) is 51.6 Å². The second-order valence-electron chi connectivity index (χ2n) is 5.84. The standard InChI is InChI=1S/C18H14BrN7O3/c19-11-2-1-3-13(8-11)28-15-6-4-12(9-20-15)23-14(27)5-7-16-24-18(26-29-16)17-21-10-22-25-17/h1-4,6,8-10H,5,7H2,(H,23,27)(H,21,22,25). The zero-order chi connectivity index (χ0) is 20.1. The fourth-order valence-electron chi connectivity index (χ4n) is 2.38. The van der Waals surface area contributed by atoms with Crippen LogP contribution in [0, 0.1) is 0 Å². The third kappa shape index (κ3) is 5.02. The summed E-state index contributed by atoms with van der Waals surface area (Å²) in [7, 11) is 0. The van der Waals surface area contributed by atoms with Crippen LogP contribution in [0.25, 0.3) is 11.6 Å². The van der Waals surface area contributed by atoms with Gasteiger partial charge in [-0.1, -0.05) is 27.2 Å². The van der Waals surface area contributed by atoms with Crippen molar-refractivity contribution in [3.8, 4) is 23.3 Å². The Bertz CT molecular complexity index is 1100. The van der Waals surface area contributed by atoms with Crippen LogP contribution in [0.3, 0.4) is 0 Å². The van der Waals surface area contributed by atoms with Crippen molar-refractivity contribution in [3.63, 3.8) is 0 Å². The third-order valence-corrected chi connectivity index (χ3v) is 4.19. The molecule has 0 aliphatic rings. The highest BCUT2D eigenvalue weighted by molar-refractivity contribution is 9.10. The minimum absolute atomic E-state index is 0.175. The van der Waals surface area contributed by atoms with Crippen molar-refractivity contribution in [3.05, 3.63) is 59.3 Å². The summed E-state index contributed by atoms with van der Waals surface area (Å²) in [6, 6.07) is 10.8. The van der Waals surface area contributed by atoms with Crippen LogP contribution in [0.2, 0.25) is 0 Å². The van der Waals surface area contributed by atoms with E-state index in [4.69, 9.17) is 9.26 Å². The minimum Gasteiger partial charge on any atom is -0.439 e. The van der Waals surface area contributed by atoms with E-state index in [1.165, 1.54) is 12.5 Å². The summed E-state index contributed by atoms with van der Waals surface area (Å²) in [6.45, 7) is 0. The van der Waals surface area contributed by atoms with Crippen molar-refractivity contribution >= 4 is 27.5 Å². The first-order valence-corrected chi connectivity index (χ1v) is 9.33. The number of hydrogen-bond acceptors (Lipinski definition) is 8. The number of rotatable bonds is 7. The van der Waals surface area contributed by atoms with Crippen LogP contribution in [-0.4, -0.2) is 36.2 Å². The summed E-state index contributed by atoms with van der Waals surface area (Å²) >= 11 is 3.39. The molecule has 0 aliphatic carbocycles. The molecule has 0 saturated carbocycles. The van der Waals surface area contributed by atoms with Crippen LogP contribution < -0.4 is 10.1 Å². The number of H-pyrrole nitrogens is 1. The predicted molar refractivity (Wildman–Crippen MR) is 105 cm³/mol. The van der Waals surface area contributed by atoms with Gasteiger partial charge in [-0.3, -0.25) is 9.89 Å². The lowest BCUT2D eigenvalue weighted by Crippen LogP contribution is -2.12. The maximum Gasteiger partial charge on any atom is 0.239 e. The average Bonchev–Trinajstić information content (AvgIpc) is 3.40. The molecule has 0 spiro atoms. The number of carbonyl (C=O) groups is 1. The molecule has 0 atom stereocenters. The molecule has 3 aromatic heterocycles.